The molecule has 0 fully saturated rings. The quantitative estimate of drug-likeness (QED) is 0.344. The largest absolute Gasteiger partial charge is 0.488 e. The van der Waals surface area contributed by atoms with E-state index in [1.54, 1.807) is 36.4 Å². The molecule has 0 saturated carbocycles. The second-order valence-corrected chi connectivity index (χ2v) is 7.85. The van der Waals surface area contributed by atoms with Gasteiger partial charge in [0.1, 0.15) is 24.0 Å². The maximum Gasteiger partial charge on any atom is 0.335 e. The number of ether oxygens (including phenoxy) is 1. The van der Waals surface area contributed by atoms with E-state index < -0.39 is 11.9 Å². The topological polar surface area (TPSA) is 99.4 Å². The van der Waals surface area contributed by atoms with Gasteiger partial charge in [-0.15, -0.1) is 0 Å². The standard InChI is InChI=1S/C26H21ClN2O4/c1-16-3-9-23(17(2)11-16)29-25(30)21(14-28)12-20-13-22(27)8-10-24(20)33-15-18-4-6-19(7-5-18)26(31)32/h3-13H,15H2,1-2H3,(H,29,30)(H,31,32)/b21-12+. The number of carboxylic acid groups (broad SMARTS) is 1. The highest BCUT2D eigenvalue weighted by Gasteiger charge is 2.13. The Morgan fingerprint density at radius 3 is 2.45 bits per heavy atom. The summed E-state index contributed by atoms with van der Waals surface area (Å²) < 4.78 is 5.86. The number of halogens is 1. The molecule has 0 atom stereocenters. The number of carbonyl (C=O) groups excluding carboxylic acids is 1. The molecule has 3 aromatic carbocycles. The maximum absolute atomic E-state index is 12.7. The van der Waals surface area contributed by atoms with Gasteiger partial charge >= 0.3 is 5.97 Å². The van der Waals surface area contributed by atoms with E-state index in [9.17, 15) is 14.9 Å². The molecule has 2 N–H and O–H groups in total. The van der Waals surface area contributed by atoms with Gasteiger partial charge in [-0.1, -0.05) is 41.4 Å². The lowest BCUT2D eigenvalue weighted by Crippen LogP contribution is -2.14. The Bertz CT molecular complexity index is 1270. The Hall–Kier alpha value is -4.08. The van der Waals surface area contributed by atoms with Gasteiger partial charge in [-0.25, -0.2) is 4.79 Å². The molecule has 0 spiro atoms. The minimum Gasteiger partial charge on any atom is -0.488 e. The van der Waals surface area contributed by atoms with E-state index in [2.05, 4.69) is 5.32 Å². The minimum absolute atomic E-state index is 0.104. The van der Waals surface area contributed by atoms with Crippen LogP contribution < -0.4 is 10.1 Å². The zero-order valence-electron chi connectivity index (χ0n) is 18.1. The van der Waals surface area contributed by atoms with Crippen molar-refractivity contribution in [3.05, 3.63) is 99.1 Å². The molecular weight excluding hydrogens is 440 g/mol. The van der Waals surface area contributed by atoms with E-state index in [0.29, 0.717) is 22.0 Å². The highest BCUT2D eigenvalue weighted by atomic mass is 35.5. The summed E-state index contributed by atoms with van der Waals surface area (Å²) in [6, 6.07) is 18.8. The molecule has 0 aliphatic carbocycles. The molecule has 33 heavy (non-hydrogen) atoms. The van der Waals surface area contributed by atoms with Gasteiger partial charge in [0.25, 0.3) is 5.91 Å². The Morgan fingerprint density at radius 2 is 1.82 bits per heavy atom. The van der Waals surface area contributed by atoms with E-state index in [-0.39, 0.29) is 17.7 Å². The van der Waals surface area contributed by atoms with Crippen LogP contribution in [0, 0.1) is 25.2 Å². The van der Waals surface area contributed by atoms with E-state index in [0.717, 1.165) is 16.7 Å². The van der Waals surface area contributed by atoms with Crippen LogP contribution in [-0.4, -0.2) is 17.0 Å². The zero-order valence-corrected chi connectivity index (χ0v) is 18.8. The maximum atomic E-state index is 12.7. The van der Waals surface area contributed by atoms with Crippen molar-refractivity contribution in [3.63, 3.8) is 0 Å². The van der Waals surface area contributed by atoms with Crippen molar-refractivity contribution in [1.82, 2.24) is 0 Å². The van der Waals surface area contributed by atoms with Crippen LogP contribution in [0.4, 0.5) is 5.69 Å². The number of nitrogens with one attached hydrogen (secondary N) is 1. The lowest BCUT2D eigenvalue weighted by Gasteiger charge is -2.11. The predicted molar refractivity (Wildman–Crippen MR) is 127 cm³/mol. The van der Waals surface area contributed by atoms with Gasteiger partial charge in [0.2, 0.25) is 0 Å². The van der Waals surface area contributed by atoms with Crippen molar-refractivity contribution in [3.8, 4) is 11.8 Å². The Morgan fingerprint density at radius 1 is 1.09 bits per heavy atom. The van der Waals surface area contributed by atoms with Gasteiger partial charge in [-0.3, -0.25) is 4.79 Å². The van der Waals surface area contributed by atoms with Gasteiger partial charge in [0.05, 0.1) is 5.56 Å². The molecule has 3 aromatic rings. The number of rotatable bonds is 7. The average Bonchev–Trinajstić information content (AvgIpc) is 2.78. The van der Waals surface area contributed by atoms with Gasteiger partial charge in [0, 0.05) is 16.3 Å². The third kappa shape index (κ3) is 6.22. The molecule has 0 aromatic heterocycles. The lowest BCUT2D eigenvalue weighted by molar-refractivity contribution is -0.112. The summed E-state index contributed by atoms with van der Waals surface area (Å²) in [5.41, 5.74) is 3.89. The Balaban J connectivity index is 1.81. The van der Waals surface area contributed by atoms with Gasteiger partial charge < -0.3 is 15.2 Å². The summed E-state index contributed by atoms with van der Waals surface area (Å²) in [6.45, 7) is 4.00. The number of nitrogens with zero attached hydrogens (tertiary/aromatic N) is 1. The van der Waals surface area contributed by atoms with Crippen molar-refractivity contribution in [2.75, 3.05) is 5.32 Å². The van der Waals surface area contributed by atoms with Crippen molar-refractivity contribution >= 4 is 35.2 Å². The average molecular weight is 461 g/mol. The fraction of sp³-hybridized carbons (Fsp3) is 0.115. The monoisotopic (exact) mass is 460 g/mol. The Kier molecular flexibility index (Phi) is 7.50. The molecular formula is C26H21ClN2O4. The van der Waals surface area contributed by atoms with Crippen LogP contribution in [0.3, 0.4) is 0 Å². The highest BCUT2D eigenvalue weighted by molar-refractivity contribution is 6.30. The number of nitriles is 1. The number of carbonyl (C=O) groups is 2. The number of hydrogen-bond acceptors (Lipinski definition) is 4. The van der Waals surface area contributed by atoms with E-state index in [1.807, 2.05) is 32.0 Å². The first-order valence-corrected chi connectivity index (χ1v) is 10.4. The molecule has 1 amide bonds. The molecule has 0 heterocycles. The number of anilines is 1. The molecule has 0 aliphatic heterocycles. The van der Waals surface area contributed by atoms with Crippen molar-refractivity contribution in [2.24, 2.45) is 0 Å². The first-order valence-electron chi connectivity index (χ1n) is 10.0. The number of aryl methyl sites for hydroxylation is 2. The SMILES string of the molecule is Cc1ccc(NC(=O)/C(C#N)=C/c2cc(Cl)ccc2OCc2ccc(C(=O)O)cc2)c(C)c1. The van der Waals surface area contributed by atoms with Crippen LogP contribution in [-0.2, 0) is 11.4 Å². The molecule has 166 valence electrons. The number of amides is 1. The minimum atomic E-state index is -1.00. The summed E-state index contributed by atoms with van der Waals surface area (Å²) in [5.74, 6) is -1.12. The van der Waals surface area contributed by atoms with Crippen molar-refractivity contribution < 1.29 is 19.4 Å². The first-order chi connectivity index (χ1) is 15.8. The fourth-order valence-electron chi connectivity index (χ4n) is 3.12. The van der Waals surface area contributed by atoms with Crippen LogP contribution in [0.2, 0.25) is 5.02 Å². The van der Waals surface area contributed by atoms with E-state index in [1.165, 1.54) is 18.2 Å². The third-order valence-corrected chi connectivity index (χ3v) is 5.10. The predicted octanol–water partition coefficient (Wildman–Crippen LogP) is 5.78. The number of hydrogen-bond donors (Lipinski definition) is 2. The van der Waals surface area contributed by atoms with Gasteiger partial charge in [-0.2, -0.15) is 5.26 Å². The molecule has 0 bridgehead atoms. The summed E-state index contributed by atoms with van der Waals surface area (Å²) in [6.07, 6.45) is 1.42. The fourth-order valence-corrected chi connectivity index (χ4v) is 3.30. The van der Waals surface area contributed by atoms with Gasteiger partial charge in [-0.05, 0) is 67.4 Å². The smallest absolute Gasteiger partial charge is 0.335 e. The number of aromatic carboxylic acids is 1. The third-order valence-electron chi connectivity index (χ3n) is 4.86. The Labute approximate surface area is 196 Å². The van der Waals surface area contributed by atoms with E-state index >= 15 is 0 Å². The highest BCUT2D eigenvalue weighted by Crippen LogP contribution is 2.27. The van der Waals surface area contributed by atoms with Crippen LogP contribution in [0.15, 0.2) is 66.2 Å². The lowest BCUT2D eigenvalue weighted by atomic mass is 10.1. The second-order valence-electron chi connectivity index (χ2n) is 7.42. The normalized spacial score (nSPS) is 10.9. The van der Waals surface area contributed by atoms with E-state index in [4.69, 9.17) is 21.4 Å². The van der Waals surface area contributed by atoms with Crippen LogP contribution in [0.25, 0.3) is 6.08 Å². The summed E-state index contributed by atoms with van der Waals surface area (Å²) >= 11 is 6.13. The molecule has 7 heteroatoms. The number of carboxylic acids is 1. The summed E-state index contributed by atoms with van der Waals surface area (Å²) in [4.78, 5) is 23.7. The summed E-state index contributed by atoms with van der Waals surface area (Å²) in [5, 5.41) is 21.8. The van der Waals surface area contributed by atoms with Crippen molar-refractivity contribution in [2.45, 2.75) is 20.5 Å². The van der Waals surface area contributed by atoms with Crippen LogP contribution in [0.5, 0.6) is 5.75 Å². The second kappa shape index (κ2) is 10.5. The van der Waals surface area contributed by atoms with Crippen molar-refractivity contribution in [1.29, 1.82) is 5.26 Å². The zero-order chi connectivity index (χ0) is 24.0. The van der Waals surface area contributed by atoms with Gasteiger partial charge in [0.15, 0.2) is 0 Å². The molecule has 0 unspecified atom stereocenters. The first kappa shape index (κ1) is 23.6. The number of benzene rings is 3. The molecule has 6 nitrogen and oxygen atoms in total. The van der Waals surface area contributed by atoms with Crippen LogP contribution >= 0.6 is 11.6 Å². The van der Waals surface area contributed by atoms with Crippen LogP contribution in [0.1, 0.15) is 32.6 Å². The molecule has 0 saturated heterocycles. The molecule has 0 aliphatic rings. The molecule has 3 rings (SSSR count). The summed E-state index contributed by atoms with van der Waals surface area (Å²) in [7, 11) is 0. The molecule has 0 radical (unpaired) electrons.